The molecule has 1 aromatic carbocycles. The quantitative estimate of drug-likeness (QED) is 0.384. The van der Waals surface area contributed by atoms with Gasteiger partial charge < -0.3 is 4.74 Å². The SMILES string of the molecule is CCCCCCOc1cccc(/C=N/n2c(CCC)n[nH]c2=S)c1. The highest BCUT2D eigenvalue weighted by Gasteiger charge is 2.03. The monoisotopic (exact) mass is 346 g/mol. The molecule has 0 aliphatic heterocycles. The average Bonchev–Trinajstić information content (AvgIpc) is 2.93. The first-order valence-corrected chi connectivity index (χ1v) is 9.09. The molecule has 0 aliphatic rings. The molecule has 2 aromatic rings. The lowest BCUT2D eigenvalue weighted by molar-refractivity contribution is 0.305. The largest absolute Gasteiger partial charge is 0.494 e. The number of hydrogen-bond donors (Lipinski definition) is 1. The van der Waals surface area contributed by atoms with Gasteiger partial charge in [-0.2, -0.15) is 14.9 Å². The molecule has 0 amide bonds. The van der Waals surface area contributed by atoms with Gasteiger partial charge in [0.2, 0.25) is 4.77 Å². The van der Waals surface area contributed by atoms with Crippen molar-refractivity contribution in [2.75, 3.05) is 6.61 Å². The molecule has 0 unspecified atom stereocenters. The number of hydrogen-bond acceptors (Lipinski definition) is 4. The maximum Gasteiger partial charge on any atom is 0.216 e. The van der Waals surface area contributed by atoms with E-state index in [-0.39, 0.29) is 0 Å². The van der Waals surface area contributed by atoms with E-state index in [1.165, 1.54) is 19.3 Å². The van der Waals surface area contributed by atoms with E-state index in [1.54, 1.807) is 10.9 Å². The van der Waals surface area contributed by atoms with Gasteiger partial charge in [0.1, 0.15) is 5.75 Å². The van der Waals surface area contributed by atoms with Crippen LogP contribution in [0.15, 0.2) is 29.4 Å². The minimum absolute atomic E-state index is 0.512. The number of benzene rings is 1. The number of nitrogens with one attached hydrogen (secondary N) is 1. The van der Waals surface area contributed by atoms with Crippen molar-refractivity contribution in [1.82, 2.24) is 14.9 Å². The Bertz CT molecular complexity index is 705. The number of unbranched alkanes of at least 4 members (excludes halogenated alkanes) is 3. The van der Waals surface area contributed by atoms with Gasteiger partial charge in [-0.25, -0.2) is 0 Å². The van der Waals surface area contributed by atoms with E-state index >= 15 is 0 Å². The van der Waals surface area contributed by atoms with E-state index in [0.29, 0.717) is 4.77 Å². The highest BCUT2D eigenvalue weighted by Crippen LogP contribution is 2.13. The summed E-state index contributed by atoms with van der Waals surface area (Å²) in [6.07, 6.45) is 8.44. The number of nitrogens with zero attached hydrogens (tertiary/aromatic N) is 3. The number of aryl methyl sites for hydroxylation is 1. The molecule has 0 spiro atoms. The first-order chi connectivity index (χ1) is 11.7. The van der Waals surface area contributed by atoms with Crippen molar-refractivity contribution in [3.8, 4) is 5.75 Å². The summed E-state index contributed by atoms with van der Waals surface area (Å²) >= 11 is 5.23. The maximum absolute atomic E-state index is 5.81. The lowest BCUT2D eigenvalue weighted by atomic mass is 10.2. The molecule has 24 heavy (non-hydrogen) atoms. The van der Waals surface area contributed by atoms with Gasteiger partial charge in [0.05, 0.1) is 12.8 Å². The lowest BCUT2D eigenvalue weighted by Gasteiger charge is -2.06. The third kappa shape index (κ3) is 5.60. The van der Waals surface area contributed by atoms with E-state index in [1.807, 2.05) is 24.3 Å². The van der Waals surface area contributed by atoms with Gasteiger partial charge in [0.15, 0.2) is 5.82 Å². The lowest BCUT2D eigenvalue weighted by Crippen LogP contribution is -1.99. The molecule has 0 bridgehead atoms. The van der Waals surface area contributed by atoms with Crippen molar-refractivity contribution < 1.29 is 4.74 Å². The Morgan fingerprint density at radius 1 is 1.25 bits per heavy atom. The smallest absolute Gasteiger partial charge is 0.216 e. The molecule has 0 saturated carbocycles. The predicted octanol–water partition coefficient (Wildman–Crippen LogP) is 4.73. The van der Waals surface area contributed by atoms with Crippen molar-refractivity contribution in [1.29, 1.82) is 0 Å². The van der Waals surface area contributed by atoms with Crippen LogP contribution in [0, 0.1) is 4.77 Å². The highest BCUT2D eigenvalue weighted by atomic mass is 32.1. The fourth-order valence-corrected chi connectivity index (χ4v) is 2.55. The summed E-state index contributed by atoms with van der Waals surface area (Å²) in [5, 5.41) is 11.5. The highest BCUT2D eigenvalue weighted by molar-refractivity contribution is 7.71. The molecular formula is C18H26N4OS. The summed E-state index contributed by atoms with van der Waals surface area (Å²) in [6.45, 7) is 5.07. The summed E-state index contributed by atoms with van der Waals surface area (Å²) in [6, 6.07) is 7.94. The topological polar surface area (TPSA) is 55.2 Å². The normalized spacial score (nSPS) is 11.2. The molecule has 5 nitrogen and oxygen atoms in total. The zero-order valence-electron chi connectivity index (χ0n) is 14.5. The molecule has 1 heterocycles. The zero-order valence-corrected chi connectivity index (χ0v) is 15.3. The molecular weight excluding hydrogens is 320 g/mol. The van der Waals surface area contributed by atoms with Gasteiger partial charge in [-0.05, 0) is 42.8 Å². The molecule has 130 valence electrons. The maximum atomic E-state index is 5.81. The average molecular weight is 346 g/mol. The summed E-state index contributed by atoms with van der Waals surface area (Å²) in [5.74, 6) is 1.72. The van der Waals surface area contributed by atoms with Crippen LogP contribution in [0.5, 0.6) is 5.75 Å². The first kappa shape index (κ1) is 18.4. The van der Waals surface area contributed by atoms with Crippen LogP contribution in [0.25, 0.3) is 0 Å². The van der Waals surface area contributed by atoms with Gasteiger partial charge in [-0.15, -0.1) is 0 Å². The van der Waals surface area contributed by atoms with E-state index in [9.17, 15) is 0 Å². The van der Waals surface area contributed by atoms with E-state index < -0.39 is 0 Å². The van der Waals surface area contributed by atoms with Crippen LogP contribution in [-0.2, 0) is 6.42 Å². The molecule has 0 saturated heterocycles. The van der Waals surface area contributed by atoms with Gasteiger partial charge in [-0.3, -0.25) is 5.10 Å². The zero-order chi connectivity index (χ0) is 17.2. The summed E-state index contributed by atoms with van der Waals surface area (Å²) < 4.78 is 8.00. The number of rotatable bonds is 10. The third-order valence-corrected chi connectivity index (χ3v) is 3.90. The van der Waals surface area contributed by atoms with Crippen LogP contribution in [0.3, 0.4) is 0 Å². The van der Waals surface area contributed by atoms with Gasteiger partial charge in [0.25, 0.3) is 0 Å². The van der Waals surface area contributed by atoms with E-state index in [2.05, 4.69) is 29.1 Å². The summed E-state index contributed by atoms with van der Waals surface area (Å²) in [7, 11) is 0. The minimum Gasteiger partial charge on any atom is -0.494 e. The molecule has 1 aromatic heterocycles. The van der Waals surface area contributed by atoms with Crippen molar-refractivity contribution in [3.05, 3.63) is 40.4 Å². The van der Waals surface area contributed by atoms with Crippen molar-refractivity contribution in [2.45, 2.75) is 52.4 Å². The van der Waals surface area contributed by atoms with Gasteiger partial charge in [0, 0.05) is 6.42 Å². The molecule has 6 heteroatoms. The number of aromatic amines is 1. The van der Waals surface area contributed by atoms with Crippen LogP contribution < -0.4 is 4.74 Å². The fourth-order valence-electron chi connectivity index (χ4n) is 2.36. The number of ether oxygens (including phenoxy) is 1. The molecule has 1 N–H and O–H groups in total. The fraction of sp³-hybridized carbons (Fsp3) is 0.500. The summed E-state index contributed by atoms with van der Waals surface area (Å²) in [4.78, 5) is 0. The predicted molar refractivity (Wildman–Crippen MR) is 100 cm³/mol. The third-order valence-electron chi connectivity index (χ3n) is 3.64. The van der Waals surface area contributed by atoms with Crippen molar-refractivity contribution >= 4 is 18.4 Å². The van der Waals surface area contributed by atoms with Crippen LogP contribution in [0.1, 0.15) is 57.3 Å². The molecule has 2 rings (SSSR count). The Hall–Kier alpha value is -1.95. The Labute approximate surface area is 148 Å². The van der Waals surface area contributed by atoms with Crippen LogP contribution in [0.4, 0.5) is 0 Å². The Balaban J connectivity index is 1.99. The molecule has 0 radical (unpaired) electrons. The Kier molecular flexibility index (Phi) is 7.68. The van der Waals surface area contributed by atoms with E-state index in [0.717, 1.165) is 43.0 Å². The second-order valence-corrected chi connectivity index (χ2v) is 6.12. The number of H-pyrrole nitrogens is 1. The Morgan fingerprint density at radius 2 is 2.12 bits per heavy atom. The second-order valence-electron chi connectivity index (χ2n) is 5.73. The second kappa shape index (κ2) is 10.0. The van der Waals surface area contributed by atoms with Crippen molar-refractivity contribution in [2.24, 2.45) is 5.10 Å². The van der Waals surface area contributed by atoms with Crippen molar-refractivity contribution in [3.63, 3.8) is 0 Å². The van der Waals surface area contributed by atoms with Crippen LogP contribution in [-0.4, -0.2) is 27.7 Å². The van der Waals surface area contributed by atoms with Gasteiger partial charge >= 0.3 is 0 Å². The van der Waals surface area contributed by atoms with Crippen LogP contribution >= 0.6 is 12.2 Å². The minimum atomic E-state index is 0.512. The van der Waals surface area contributed by atoms with E-state index in [4.69, 9.17) is 17.0 Å². The van der Waals surface area contributed by atoms with Gasteiger partial charge in [-0.1, -0.05) is 45.2 Å². The first-order valence-electron chi connectivity index (χ1n) is 8.68. The van der Waals surface area contributed by atoms with Crippen LogP contribution in [0.2, 0.25) is 0 Å². The standard InChI is InChI=1S/C18H26N4OS/c1-3-5-6-7-12-23-16-11-8-10-15(13-16)14-19-22-17(9-4-2)20-21-18(22)24/h8,10-11,13-14H,3-7,9,12H2,1-2H3,(H,21,24)/b19-14+. The molecule has 0 aliphatic carbocycles. The summed E-state index contributed by atoms with van der Waals surface area (Å²) in [5.41, 5.74) is 0.978. The molecule has 0 fully saturated rings. The molecule has 0 atom stereocenters. The Morgan fingerprint density at radius 3 is 2.92 bits per heavy atom. The number of aromatic nitrogens is 3.